The fraction of sp³-hybridized carbons (Fsp3) is 0. The zero-order chi connectivity index (χ0) is 15.1. The van der Waals surface area contributed by atoms with Crippen molar-refractivity contribution >= 4 is 36.7 Å². The first-order valence-corrected chi connectivity index (χ1v) is 8.15. The van der Waals surface area contributed by atoms with E-state index in [0.717, 1.165) is 12.1 Å². The Bertz CT molecular complexity index is 768. The number of hydrogen-bond donors (Lipinski definition) is 0. The summed E-state index contributed by atoms with van der Waals surface area (Å²) in [4.78, 5) is -1.52. The molecular weight excluding hydrogens is 335 g/mol. The maximum atomic E-state index is 12.8. The first-order valence-electron chi connectivity index (χ1n) is 4.08. The minimum absolute atomic E-state index is 0.403. The van der Waals surface area contributed by atoms with Gasteiger partial charge in [-0.05, 0) is 12.1 Å². The summed E-state index contributed by atoms with van der Waals surface area (Å²) in [6, 6.07) is 2.59. The number of para-hydroxylation sites is 1. The van der Waals surface area contributed by atoms with Gasteiger partial charge >= 0.3 is 31.0 Å². The number of rotatable bonds is 4. The molecule has 0 atom stereocenters. The third-order valence-corrected chi connectivity index (χ3v) is 4.85. The van der Waals surface area contributed by atoms with Crippen LogP contribution in [0.1, 0.15) is 0 Å². The molecule has 13 heteroatoms. The molecule has 1 aromatic rings. The summed E-state index contributed by atoms with van der Waals surface area (Å²) in [6.45, 7) is 0. The molecule has 0 bridgehead atoms. The molecule has 0 amide bonds. The van der Waals surface area contributed by atoms with E-state index in [1.54, 1.807) is 0 Å². The van der Waals surface area contributed by atoms with E-state index in [0.29, 0.717) is 12.1 Å². The smallest absolute Gasteiger partial charge is 0.189 e. The van der Waals surface area contributed by atoms with E-state index in [9.17, 15) is 36.9 Å². The van der Waals surface area contributed by atoms with Gasteiger partial charge in [0.2, 0.25) is 0 Å². The Morgan fingerprint density at radius 2 is 1.21 bits per heavy atom. The number of benzene rings is 1. The summed E-state index contributed by atoms with van der Waals surface area (Å²) >= 11 is 0. The highest BCUT2D eigenvalue weighted by molar-refractivity contribution is 8.05. The molecule has 0 aliphatic heterocycles. The van der Waals surface area contributed by atoms with Gasteiger partial charge in [0, 0.05) is 0 Å². The van der Waals surface area contributed by atoms with Crippen LogP contribution in [0, 0.1) is 0 Å². The Hall–Kier alpha value is -1.34. The van der Waals surface area contributed by atoms with Crippen LogP contribution in [0.5, 0.6) is 0 Å². The Morgan fingerprint density at radius 1 is 0.789 bits per heavy atom. The summed E-state index contributed by atoms with van der Waals surface area (Å²) in [6.07, 6.45) is 0. The third kappa shape index (κ3) is 3.57. The SMILES string of the molecule is O=S(=O)(F)c1ccccc1N(S(=O)(=O)F)S(=O)(=O)F. The lowest BCUT2D eigenvalue weighted by atomic mass is 10.3. The number of nitrogens with zero attached hydrogens (tertiary/aromatic N) is 1. The average Bonchev–Trinajstić information content (AvgIpc) is 2.11. The molecule has 1 rings (SSSR count). The highest BCUT2D eigenvalue weighted by Gasteiger charge is 2.38. The summed E-state index contributed by atoms with van der Waals surface area (Å²) in [5.41, 5.74) is -1.53. The predicted molar refractivity (Wildman–Crippen MR) is 57.3 cm³/mol. The monoisotopic (exact) mass is 339 g/mol. The lowest BCUT2D eigenvalue weighted by Gasteiger charge is -2.15. The largest absolute Gasteiger partial charge is 0.414 e. The van der Waals surface area contributed by atoms with E-state index in [1.807, 2.05) is 0 Å². The van der Waals surface area contributed by atoms with Crippen LogP contribution in [0.25, 0.3) is 0 Å². The standard InChI is InChI=1S/C6H4F3NO6S3/c7-17(11,12)6-4-2-1-3-5(6)10(18(8,13)14)19(9,15)16/h1-4H. The van der Waals surface area contributed by atoms with Crippen LogP contribution in [-0.4, -0.2) is 25.3 Å². The number of anilines is 1. The van der Waals surface area contributed by atoms with Gasteiger partial charge in [0.25, 0.3) is 0 Å². The number of hydrogen-bond acceptors (Lipinski definition) is 6. The van der Waals surface area contributed by atoms with Crippen LogP contribution in [0.2, 0.25) is 0 Å². The van der Waals surface area contributed by atoms with Crippen molar-refractivity contribution in [1.29, 1.82) is 0 Å². The fourth-order valence-corrected chi connectivity index (χ4v) is 3.56. The summed E-state index contributed by atoms with van der Waals surface area (Å²) in [7, 11) is -18.0. The second kappa shape index (κ2) is 4.64. The highest BCUT2D eigenvalue weighted by Crippen LogP contribution is 2.31. The molecule has 0 unspecified atom stereocenters. The minimum atomic E-state index is -6.22. The van der Waals surface area contributed by atoms with E-state index < -0.39 is 45.3 Å². The van der Waals surface area contributed by atoms with Gasteiger partial charge in [0.15, 0.2) is 0 Å². The van der Waals surface area contributed by atoms with Crippen molar-refractivity contribution in [3.05, 3.63) is 24.3 Å². The zero-order valence-electron chi connectivity index (χ0n) is 8.56. The van der Waals surface area contributed by atoms with E-state index in [-0.39, 0.29) is 0 Å². The van der Waals surface area contributed by atoms with E-state index in [1.165, 1.54) is 0 Å². The zero-order valence-corrected chi connectivity index (χ0v) is 11.0. The van der Waals surface area contributed by atoms with Crippen molar-refractivity contribution in [3.63, 3.8) is 0 Å². The Balaban J connectivity index is 3.79. The van der Waals surface area contributed by atoms with Crippen LogP contribution in [0.3, 0.4) is 0 Å². The van der Waals surface area contributed by atoms with Gasteiger partial charge in [-0.3, -0.25) is 0 Å². The summed E-state index contributed by atoms with van der Waals surface area (Å²) in [5, 5.41) is 0. The van der Waals surface area contributed by atoms with Gasteiger partial charge in [0.1, 0.15) is 4.90 Å². The second-order valence-electron chi connectivity index (χ2n) is 2.99. The van der Waals surface area contributed by atoms with Crippen molar-refractivity contribution in [2.24, 2.45) is 0 Å². The molecule has 0 spiro atoms. The van der Waals surface area contributed by atoms with Gasteiger partial charge in [-0.2, -0.15) is 25.3 Å². The first-order chi connectivity index (χ1) is 8.35. The molecule has 0 heterocycles. The molecule has 0 aliphatic carbocycles. The molecule has 7 nitrogen and oxygen atoms in total. The van der Waals surface area contributed by atoms with Gasteiger partial charge in [-0.1, -0.05) is 19.9 Å². The van der Waals surface area contributed by atoms with Crippen LogP contribution in [0.15, 0.2) is 29.2 Å². The molecule has 1 aromatic carbocycles. The van der Waals surface area contributed by atoms with Gasteiger partial charge in [-0.15, -0.1) is 7.60 Å². The molecule has 0 aromatic heterocycles. The van der Waals surface area contributed by atoms with Gasteiger partial charge < -0.3 is 0 Å². The van der Waals surface area contributed by atoms with Crippen LogP contribution in [-0.2, 0) is 31.0 Å². The molecule has 0 fully saturated rings. The van der Waals surface area contributed by atoms with Crippen molar-refractivity contribution < 1.29 is 36.9 Å². The summed E-state index contributed by atoms with van der Waals surface area (Å²) < 4.78 is 101. The Morgan fingerprint density at radius 3 is 1.58 bits per heavy atom. The van der Waals surface area contributed by atoms with Gasteiger partial charge in [0.05, 0.1) is 5.69 Å². The molecule has 108 valence electrons. The Kier molecular flexibility index (Phi) is 3.84. The van der Waals surface area contributed by atoms with Crippen molar-refractivity contribution in [2.45, 2.75) is 4.90 Å². The first kappa shape index (κ1) is 15.7. The van der Waals surface area contributed by atoms with Crippen LogP contribution < -0.4 is 3.71 Å². The van der Waals surface area contributed by atoms with E-state index in [2.05, 4.69) is 0 Å². The molecule has 0 saturated heterocycles. The van der Waals surface area contributed by atoms with Crippen molar-refractivity contribution in [3.8, 4) is 0 Å². The van der Waals surface area contributed by atoms with E-state index >= 15 is 0 Å². The Labute approximate surface area is 107 Å². The van der Waals surface area contributed by atoms with Crippen LogP contribution >= 0.6 is 0 Å². The molecule has 0 saturated carbocycles. The molecule has 0 N–H and O–H groups in total. The normalized spacial score (nSPS) is 13.2. The van der Waals surface area contributed by atoms with Gasteiger partial charge in [-0.25, -0.2) is 0 Å². The quantitative estimate of drug-likeness (QED) is 0.743. The lowest BCUT2D eigenvalue weighted by molar-refractivity contribution is 0.536. The maximum Gasteiger partial charge on any atom is 0.414 e. The maximum absolute atomic E-state index is 12.8. The second-order valence-corrected chi connectivity index (χ2v) is 6.91. The average molecular weight is 339 g/mol. The molecule has 0 radical (unpaired) electrons. The molecule has 0 aliphatic rings. The summed E-state index contributed by atoms with van der Waals surface area (Å²) in [5.74, 6) is 0. The fourth-order valence-electron chi connectivity index (χ4n) is 1.16. The molecular formula is C6H4F3NO6S3. The minimum Gasteiger partial charge on any atom is -0.189 e. The predicted octanol–water partition coefficient (Wildman–Crippen LogP) is 0.580. The topological polar surface area (TPSA) is 106 Å². The third-order valence-electron chi connectivity index (χ3n) is 1.72. The highest BCUT2D eigenvalue weighted by atomic mass is 32.3. The number of halogens is 3. The molecule has 19 heavy (non-hydrogen) atoms. The van der Waals surface area contributed by atoms with Crippen molar-refractivity contribution in [2.75, 3.05) is 3.71 Å². The van der Waals surface area contributed by atoms with E-state index in [4.69, 9.17) is 0 Å². The van der Waals surface area contributed by atoms with Crippen molar-refractivity contribution in [1.82, 2.24) is 0 Å². The lowest BCUT2D eigenvalue weighted by Crippen LogP contribution is -2.32. The van der Waals surface area contributed by atoms with Crippen LogP contribution in [0.4, 0.5) is 17.3 Å².